The molecule has 3 rings (SSSR count). The molecule has 0 fully saturated rings. The molecule has 1 aromatic carbocycles. The van der Waals surface area contributed by atoms with Gasteiger partial charge < -0.3 is 10.1 Å². The number of hydrogen-bond acceptors (Lipinski definition) is 4. The van der Waals surface area contributed by atoms with Crippen LogP contribution >= 0.6 is 34.5 Å². The molecule has 2 aromatic rings. The third kappa shape index (κ3) is 5.71. The Kier molecular flexibility index (Phi) is 7.51. The molecular formula is C24H27Cl2NO3S. The average molecular weight is 480 g/mol. The number of anilines is 1. The van der Waals surface area contributed by atoms with Gasteiger partial charge in [-0.3, -0.25) is 4.79 Å². The van der Waals surface area contributed by atoms with Crippen molar-refractivity contribution in [3.05, 3.63) is 55.9 Å². The zero-order valence-corrected chi connectivity index (χ0v) is 20.5. The van der Waals surface area contributed by atoms with Crippen molar-refractivity contribution in [1.82, 2.24) is 0 Å². The molecule has 1 aliphatic rings. The summed E-state index contributed by atoms with van der Waals surface area (Å²) in [5.41, 5.74) is 2.39. The molecular weight excluding hydrogens is 453 g/mol. The smallest absolute Gasteiger partial charge is 0.341 e. The summed E-state index contributed by atoms with van der Waals surface area (Å²) in [6, 6.07) is 5.08. The molecule has 0 saturated heterocycles. The Hall–Kier alpha value is -1.82. The van der Waals surface area contributed by atoms with Gasteiger partial charge in [-0.2, -0.15) is 0 Å². The summed E-state index contributed by atoms with van der Waals surface area (Å²) in [5.74, 6) is -0.180. The van der Waals surface area contributed by atoms with Crippen molar-refractivity contribution < 1.29 is 14.3 Å². The molecule has 1 amide bonds. The minimum atomic E-state index is -0.380. The number of nitrogens with one attached hydrogen (secondary N) is 1. The van der Waals surface area contributed by atoms with Crippen LogP contribution in [0.25, 0.3) is 6.08 Å². The van der Waals surface area contributed by atoms with Crippen molar-refractivity contribution in [2.75, 3.05) is 11.9 Å². The van der Waals surface area contributed by atoms with Crippen LogP contribution in [0.1, 0.15) is 60.5 Å². The van der Waals surface area contributed by atoms with E-state index in [9.17, 15) is 9.59 Å². The van der Waals surface area contributed by atoms with Crippen LogP contribution in [0.2, 0.25) is 10.0 Å². The summed E-state index contributed by atoms with van der Waals surface area (Å²) in [4.78, 5) is 26.5. The molecule has 1 aromatic heterocycles. The molecule has 31 heavy (non-hydrogen) atoms. The van der Waals surface area contributed by atoms with Crippen LogP contribution in [0.5, 0.6) is 0 Å². The quantitative estimate of drug-likeness (QED) is 0.369. The monoisotopic (exact) mass is 479 g/mol. The van der Waals surface area contributed by atoms with Crippen LogP contribution in [0.3, 0.4) is 0 Å². The van der Waals surface area contributed by atoms with E-state index < -0.39 is 0 Å². The van der Waals surface area contributed by atoms with Crippen molar-refractivity contribution in [2.24, 2.45) is 11.3 Å². The minimum absolute atomic E-state index is 0.190. The first-order valence-electron chi connectivity index (χ1n) is 10.4. The summed E-state index contributed by atoms with van der Waals surface area (Å²) in [6.07, 6.45) is 5.76. The largest absolute Gasteiger partial charge is 0.462 e. The summed E-state index contributed by atoms with van der Waals surface area (Å²) in [7, 11) is 0. The van der Waals surface area contributed by atoms with E-state index in [1.165, 1.54) is 17.4 Å². The zero-order valence-electron chi connectivity index (χ0n) is 18.2. The first-order chi connectivity index (χ1) is 14.6. The molecule has 166 valence electrons. The van der Waals surface area contributed by atoms with Gasteiger partial charge in [-0.25, -0.2) is 4.79 Å². The van der Waals surface area contributed by atoms with Crippen molar-refractivity contribution in [3.8, 4) is 0 Å². The number of benzene rings is 1. The van der Waals surface area contributed by atoms with E-state index in [4.69, 9.17) is 27.9 Å². The van der Waals surface area contributed by atoms with Gasteiger partial charge in [0.05, 0.1) is 12.2 Å². The highest BCUT2D eigenvalue weighted by atomic mass is 35.5. The summed E-state index contributed by atoms with van der Waals surface area (Å²) in [5, 5.41) is 4.43. The lowest BCUT2D eigenvalue weighted by Gasteiger charge is -2.33. The zero-order chi connectivity index (χ0) is 22.8. The fourth-order valence-corrected chi connectivity index (χ4v) is 5.58. The first kappa shape index (κ1) is 23.8. The lowest BCUT2D eigenvalue weighted by molar-refractivity contribution is -0.111. The molecule has 1 aliphatic carbocycles. The summed E-state index contributed by atoms with van der Waals surface area (Å²) in [6.45, 7) is 8.81. The molecule has 0 radical (unpaired) electrons. The Bertz CT molecular complexity index is 1020. The highest BCUT2D eigenvalue weighted by Crippen LogP contribution is 2.44. The van der Waals surface area contributed by atoms with Gasteiger partial charge in [0.25, 0.3) is 0 Å². The highest BCUT2D eigenvalue weighted by molar-refractivity contribution is 7.17. The molecule has 4 nitrogen and oxygen atoms in total. The topological polar surface area (TPSA) is 55.4 Å². The Morgan fingerprint density at radius 3 is 2.68 bits per heavy atom. The predicted octanol–water partition coefficient (Wildman–Crippen LogP) is 7.03. The number of carbonyl (C=O) groups excluding carboxylic acids is 2. The Morgan fingerprint density at radius 1 is 1.29 bits per heavy atom. The van der Waals surface area contributed by atoms with Crippen molar-refractivity contribution in [1.29, 1.82) is 0 Å². The lowest BCUT2D eigenvalue weighted by Crippen LogP contribution is -2.26. The molecule has 1 N–H and O–H groups in total. The Morgan fingerprint density at radius 2 is 2.03 bits per heavy atom. The van der Waals surface area contributed by atoms with Crippen LogP contribution in [-0.2, 0) is 22.4 Å². The molecule has 1 unspecified atom stereocenters. The standard InChI is InChI=1S/C24H27Cl2NO3S/c1-5-30-23(29)21-17-10-8-15(24(2,3)4)12-19(17)31-22(21)27-20(28)11-7-14-6-9-16(25)13-18(14)26/h6-7,9,11,13,15H,5,8,10,12H2,1-4H3,(H,27,28)/b11-7+. The Balaban J connectivity index is 1.86. The van der Waals surface area contributed by atoms with Crippen LogP contribution in [0, 0.1) is 11.3 Å². The van der Waals surface area contributed by atoms with E-state index in [1.54, 1.807) is 31.2 Å². The van der Waals surface area contributed by atoms with E-state index in [1.807, 2.05) is 0 Å². The highest BCUT2D eigenvalue weighted by Gasteiger charge is 2.34. The summed E-state index contributed by atoms with van der Waals surface area (Å²) < 4.78 is 5.29. The van der Waals surface area contributed by atoms with Crippen LogP contribution in [-0.4, -0.2) is 18.5 Å². The van der Waals surface area contributed by atoms with Gasteiger partial charge in [0.2, 0.25) is 5.91 Å². The molecule has 1 heterocycles. The van der Waals surface area contributed by atoms with Gasteiger partial charge in [0.1, 0.15) is 5.00 Å². The molecule has 1 atom stereocenters. The second-order valence-corrected chi connectivity index (χ2v) is 10.7. The minimum Gasteiger partial charge on any atom is -0.462 e. The van der Waals surface area contributed by atoms with E-state index in [0.717, 1.165) is 29.7 Å². The normalized spacial score (nSPS) is 16.3. The predicted molar refractivity (Wildman–Crippen MR) is 129 cm³/mol. The number of esters is 1. The van der Waals surface area contributed by atoms with Crippen LogP contribution in [0.4, 0.5) is 5.00 Å². The number of hydrogen-bond donors (Lipinski definition) is 1. The van der Waals surface area contributed by atoms with Crippen molar-refractivity contribution >= 4 is 57.5 Å². The third-order valence-electron chi connectivity index (χ3n) is 5.58. The van der Waals surface area contributed by atoms with E-state index in [2.05, 4.69) is 26.1 Å². The molecule has 7 heteroatoms. The van der Waals surface area contributed by atoms with Crippen molar-refractivity contribution in [2.45, 2.75) is 47.0 Å². The SMILES string of the molecule is CCOC(=O)c1c(NC(=O)/C=C/c2ccc(Cl)cc2Cl)sc2c1CCC(C(C)(C)C)C2. The molecule has 0 saturated carbocycles. The molecule has 0 bridgehead atoms. The Labute approximate surface area is 197 Å². The molecule has 0 spiro atoms. The number of carbonyl (C=O) groups is 2. The average Bonchev–Trinajstić information content (AvgIpc) is 3.03. The number of fused-ring (bicyclic) bond motifs is 1. The maximum absolute atomic E-state index is 12.7. The maximum atomic E-state index is 12.7. The lowest BCUT2D eigenvalue weighted by atomic mass is 9.72. The second-order valence-electron chi connectivity index (χ2n) is 8.72. The van der Waals surface area contributed by atoms with Gasteiger partial charge in [-0.15, -0.1) is 11.3 Å². The number of ether oxygens (including phenoxy) is 1. The van der Waals surface area contributed by atoms with Gasteiger partial charge in [0.15, 0.2) is 0 Å². The third-order valence-corrected chi connectivity index (χ3v) is 7.32. The number of rotatable bonds is 5. The fourth-order valence-electron chi connectivity index (χ4n) is 3.79. The van der Waals surface area contributed by atoms with Gasteiger partial charge in [-0.1, -0.05) is 50.0 Å². The van der Waals surface area contributed by atoms with Gasteiger partial charge in [0, 0.05) is 21.0 Å². The van der Waals surface area contributed by atoms with Gasteiger partial charge in [-0.05, 0) is 66.9 Å². The molecule has 0 aliphatic heterocycles. The van der Waals surface area contributed by atoms with Crippen LogP contribution in [0.15, 0.2) is 24.3 Å². The first-order valence-corrected chi connectivity index (χ1v) is 11.9. The van der Waals surface area contributed by atoms with Crippen molar-refractivity contribution in [3.63, 3.8) is 0 Å². The number of thiophene rings is 1. The number of halogens is 2. The van der Waals surface area contributed by atoms with Crippen LogP contribution < -0.4 is 5.32 Å². The fraction of sp³-hybridized carbons (Fsp3) is 0.417. The van der Waals surface area contributed by atoms with Gasteiger partial charge >= 0.3 is 5.97 Å². The second kappa shape index (κ2) is 9.76. The maximum Gasteiger partial charge on any atom is 0.341 e. The summed E-state index contributed by atoms with van der Waals surface area (Å²) >= 11 is 13.6. The van der Waals surface area contributed by atoms with E-state index in [-0.39, 0.29) is 23.9 Å². The van der Waals surface area contributed by atoms with E-state index in [0.29, 0.717) is 32.1 Å². The van der Waals surface area contributed by atoms with E-state index >= 15 is 0 Å². The number of amides is 1.